The predicted molar refractivity (Wildman–Crippen MR) is 73.9 cm³/mol. The Balaban J connectivity index is 2.09. The van der Waals surface area contributed by atoms with Gasteiger partial charge in [-0.05, 0) is 24.1 Å². The molecule has 3 aromatic rings. The van der Waals surface area contributed by atoms with Gasteiger partial charge in [0.15, 0.2) is 5.65 Å². The number of benzene rings is 1. The van der Waals surface area contributed by atoms with Gasteiger partial charge in [-0.1, -0.05) is 30.3 Å². The molecule has 2 aromatic heterocycles. The van der Waals surface area contributed by atoms with Crippen molar-refractivity contribution >= 4 is 11.2 Å². The molecule has 0 saturated heterocycles. The van der Waals surface area contributed by atoms with Crippen LogP contribution in [0.2, 0.25) is 0 Å². The third-order valence-electron chi connectivity index (χ3n) is 3.21. The molecule has 0 aliphatic carbocycles. The number of aromatic amines is 1. The summed E-state index contributed by atoms with van der Waals surface area (Å²) in [5.41, 5.74) is 3.90. The lowest BCUT2D eigenvalue weighted by atomic mass is 10.1. The molecule has 0 aliphatic heterocycles. The first-order valence-corrected chi connectivity index (χ1v) is 6.18. The molecule has 1 N–H and O–H groups in total. The molecule has 0 aliphatic rings. The van der Waals surface area contributed by atoms with E-state index in [9.17, 15) is 0 Å². The van der Waals surface area contributed by atoms with Gasteiger partial charge in [0, 0.05) is 13.3 Å². The number of nitrogens with one attached hydrogen (secondary N) is 1. The summed E-state index contributed by atoms with van der Waals surface area (Å²) >= 11 is 0. The maximum absolute atomic E-state index is 5.57. The maximum Gasteiger partial charge on any atom is 0.178 e. The molecule has 1 unspecified atom stereocenters. The summed E-state index contributed by atoms with van der Waals surface area (Å²) in [6.07, 6.45) is 1.57. The quantitative estimate of drug-likeness (QED) is 0.780. The minimum Gasteiger partial charge on any atom is -0.369 e. The van der Waals surface area contributed by atoms with Crippen molar-refractivity contribution in [2.45, 2.75) is 13.0 Å². The molecule has 0 bridgehead atoms. The first kappa shape index (κ1) is 11.9. The Morgan fingerprint density at radius 3 is 2.63 bits per heavy atom. The summed E-state index contributed by atoms with van der Waals surface area (Å²) in [7, 11) is 1.69. The minimum atomic E-state index is -0.199. The number of hydrogen-bond acceptors (Lipinski definition) is 3. The number of H-pyrrole nitrogens is 1. The lowest BCUT2D eigenvalue weighted by Crippen LogP contribution is -2.05. The van der Waals surface area contributed by atoms with E-state index >= 15 is 0 Å². The number of fused-ring (bicyclic) bond motifs is 1. The van der Waals surface area contributed by atoms with Crippen LogP contribution in [0.3, 0.4) is 0 Å². The van der Waals surface area contributed by atoms with Crippen LogP contribution in [0.15, 0.2) is 42.6 Å². The van der Waals surface area contributed by atoms with Gasteiger partial charge in [0.05, 0.1) is 5.52 Å². The average Bonchev–Trinajstić information content (AvgIpc) is 2.86. The highest BCUT2D eigenvalue weighted by Gasteiger charge is 2.18. The number of ether oxygens (including phenoxy) is 1. The Labute approximate surface area is 111 Å². The van der Waals surface area contributed by atoms with Crippen molar-refractivity contribution in [2.75, 3.05) is 7.11 Å². The predicted octanol–water partition coefficient (Wildman–Crippen LogP) is 3.00. The SMILES string of the molecule is COC(c1ccccc1)c1nc2nccc(C)c2[nH]1. The third kappa shape index (κ3) is 2.11. The van der Waals surface area contributed by atoms with Crippen molar-refractivity contribution in [3.8, 4) is 0 Å². The van der Waals surface area contributed by atoms with E-state index < -0.39 is 0 Å². The highest BCUT2D eigenvalue weighted by Crippen LogP contribution is 2.25. The van der Waals surface area contributed by atoms with Crippen LogP contribution in [0, 0.1) is 6.92 Å². The number of imidazole rings is 1. The van der Waals surface area contributed by atoms with E-state index in [2.05, 4.69) is 15.0 Å². The van der Waals surface area contributed by atoms with Crippen LogP contribution in [0.1, 0.15) is 23.1 Å². The zero-order valence-electron chi connectivity index (χ0n) is 10.9. The van der Waals surface area contributed by atoms with Crippen LogP contribution >= 0.6 is 0 Å². The molecule has 2 heterocycles. The minimum absolute atomic E-state index is 0.199. The third-order valence-corrected chi connectivity index (χ3v) is 3.21. The molecular weight excluding hydrogens is 238 g/mol. The van der Waals surface area contributed by atoms with Crippen molar-refractivity contribution < 1.29 is 4.74 Å². The van der Waals surface area contributed by atoms with Crippen molar-refractivity contribution in [2.24, 2.45) is 0 Å². The molecule has 1 atom stereocenters. The van der Waals surface area contributed by atoms with E-state index in [1.165, 1.54) is 0 Å². The molecule has 19 heavy (non-hydrogen) atoms. The average molecular weight is 253 g/mol. The van der Waals surface area contributed by atoms with Crippen LogP contribution in [0.5, 0.6) is 0 Å². The maximum atomic E-state index is 5.57. The normalized spacial score (nSPS) is 12.7. The molecule has 4 nitrogen and oxygen atoms in total. The second-order valence-corrected chi connectivity index (χ2v) is 4.47. The highest BCUT2D eigenvalue weighted by molar-refractivity contribution is 5.74. The monoisotopic (exact) mass is 253 g/mol. The van der Waals surface area contributed by atoms with Crippen LogP contribution < -0.4 is 0 Å². The number of aromatic nitrogens is 3. The second-order valence-electron chi connectivity index (χ2n) is 4.47. The van der Waals surface area contributed by atoms with Crippen molar-refractivity contribution in [1.29, 1.82) is 0 Å². The fourth-order valence-corrected chi connectivity index (χ4v) is 2.21. The summed E-state index contributed by atoms with van der Waals surface area (Å²) in [6, 6.07) is 12.0. The smallest absolute Gasteiger partial charge is 0.178 e. The molecule has 0 amide bonds. The summed E-state index contributed by atoms with van der Waals surface area (Å²) in [5, 5.41) is 0. The van der Waals surface area contributed by atoms with E-state index in [4.69, 9.17) is 4.74 Å². The van der Waals surface area contributed by atoms with E-state index in [0.717, 1.165) is 28.1 Å². The van der Waals surface area contributed by atoms with Crippen molar-refractivity contribution in [1.82, 2.24) is 15.0 Å². The Morgan fingerprint density at radius 1 is 1.16 bits per heavy atom. The zero-order chi connectivity index (χ0) is 13.2. The van der Waals surface area contributed by atoms with E-state index in [0.29, 0.717) is 0 Å². The molecule has 3 rings (SSSR count). The Kier molecular flexibility index (Phi) is 3.01. The van der Waals surface area contributed by atoms with E-state index in [1.54, 1.807) is 13.3 Å². The number of aryl methyl sites for hydroxylation is 1. The topological polar surface area (TPSA) is 50.8 Å². The Bertz CT molecular complexity index is 691. The summed E-state index contributed by atoms with van der Waals surface area (Å²) in [4.78, 5) is 12.1. The standard InChI is InChI=1S/C15H15N3O/c1-10-8-9-16-14-12(10)17-15(18-14)13(19-2)11-6-4-3-5-7-11/h3-9,13H,1-2H3,(H,16,17,18). The van der Waals surface area contributed by atoms with Gasteiger partial charge in [-0.2, -0.15) is 0 Å². The van der Waals surface area contributed by atoms with Crippen LogP contribution in [0.4, 0.5) is 0 Å². The molecule has 0 saturated carbocycles. The van der Waals surface area contributed by atoms with Gasteiger partial charge >= 0.3 is 0 Å². The fourth-order valence-electron chi connectivity index (χ4n) is 2.21. The van der Waals surface area contributed by atoms with Gasteiger partial charge in [0.1, 0.15) is 11.9 Å². The van der Waals surface area contributed by atoms with Gasteiger partial charge in [0.2, 0.25) is 0 Å². The number of nitrogens with zero attached hydrogens (tertiary/aromatic N) is 2. The van der Waals surface area contributed by atoms with Gasteiger partial charge < -0.3 is 9.72 Å². The molecule has 1 aromatic carbocycles. The Morgan fingerprint density at radius 2 is 1.95 bits per heavy atom. The first-order valence-electron chi connectivity index (χ1n) is 6.18. The van der Waals surface area contributed by atoms with Gasteiger partial charge in [0.25, 0.3) is 0 Å². The molecule has 0 radical (unpaired) electrons. The van der Waals surface area contributed by atoms with Crippen molar-refractivity contribution in [3.63, 3.8) is 0 Å². The molecule has 0 spiro atoms. The summed E-state index contributed by atoms with van der Waals surface area (Å²) in [5.74, 6) is 0.783. The van der Waals surface area contributed by atoms with Gasteiger partial charge in [-0.25, -0.2) is 9.97 Å². The first-order chi connectivity index (χ1) is 9.29. The van der Waals surface area contributed by atoms with E-state index in [-0.39, 0.29) is 6.10 Å². The fraction of sp³-hybridized carbons (Fsp3) is 0.200. The number of hydrogen-bond donors (Lipinski definition) is 1. The summed E-state index contributed by atoms with van der Waals surface area (Å²) < 4.78 is 5.57. The zero-order valence-corrected chi connectivity index (χ0v) is 10.9. The van der Waals surface area contributed by atoms with Gasteiger partial charge in [-0.15, -0.1) is 0 Å². The van der Waals surface area contributed by atoms with E-state index in [1.807, 2.05) is 43.3 Å². The van der Waals surface area contributed by atoms with Crippen LogP contribution in [-0.4, -0.2) is 22.1 Å². The molecule has 96 valence electrons. The highest BCUT2D eigenvalue weighted by atomic mass is 16.5. The number of rotatable bonds is 3. The lowest BCUT2D eigenvalue weighted by Gasteiger charge is -2.12. The number of methoxy groups -OCH3 is 1. The lowest BCUT2D eigenvalue weighted by molar-refractivity contribution is 0.130. The molecular formula is C15H15N3O. The summed E-state index contributed by atoms with van der Waals surface area (Å²) in [6.45, 7) is 2.04. The molecule has 4 heteroatoms. The largest absolute Gasteiger partial charge is 0.369 e. The van der Waals surface area contributed by atoms with Crippen molar-refractivity contribution in [3.05, 3.63) is 59.5 Å². The Hall–Kier alpha value is -2.20. The second kappa shape index (κ2) is 4.82. The number of pyridine rings is 1. The van der Waals surface area contributed by atoms with Gasteiger partial charge in [-0.3, -0.25) is 0 Å². The molecule has 0 fully saturated rings. The van der Waals surface area contributed by atoms with Crippen LogP contribution in [0.25, 0.3) is 11.2 Å². The van der Waals surface area contributed by atoms with Crippen LogP contribution in [-0.2, 0) is 4.74 Å².